The van der Waals surface area contributed by atoms with Gasteiger partial charge in [-0.05, 0) is 48.4 Å². The molecular formula is C20H22O3. The van der Waals surface area contributed by atoms with E-state index in [0.717, 1.165) is 55.6 Å². The first-order valence-electron chi connectivity index (χ1n) is 8.49. The van der Waals surface area contributed by atoms with Crippen LogP contribution in [0.3, 0.4) is 0 Å². The van der Waals surface area contributed by atoms with E-state index < -0.39 is 0 Å². The molecule has 2 unspecified atom stereocenters. The summed E-state index contributed by atoms with van der Waals surface area (Å²) in [6.45, 7) is 1.60. The van der Waals surface area contributed by atoms with Gasteiger partial charge in [-0.3, -0.25) is 0 Å². The predicted octanol–water partition coefficient (Wildman–Crippen LogP) is 4.76. The van der Waals surface area contributed by atoms with Crippen LogP contribution in [0.4, 0.5) is 0 Å². The van der Waals surface area contributed by atoms with Crippen LogP contribution in [0.2, 0.25) is 0 Å². The van der Waals surface area contributed by atoms with Crippen LogP contribution >= 0.6 is 0 Å². The molecule has 0 radical (unpaired) electrons. The van der Waals surface area contributed by atoms with E-state index in [-0.39, 0.29) is 12.2 Å². The van der Waals surface area contributed by atoms with Crippen LogP contribution < -0.4 is 0 Å². The minimum atomic E-state index is -0.0104. The molecule has 0 amide bonds. The second-order valence-electron chi connectivity index (χ2n) is 6.33. The van der Waals surface area contributed by atoms with Crippen molar-refractivity contribution in [2.45, 2.75) is 37.9 Å². The normalized spacial score (nSPS) is 24.2. The Morgan fingerprint density at radius 1 is 0.783 bits per heavy atom. The number of hydrogen-bond donors (Lipinski definition) is 1. The van der Waals surface area contributed by atoms with Crippen molar-refractivity contribution in [2.24, 2.45) is 0 Å². The Morgan fingerprint density at radius 2 is 1.48 bits per heavy atom. The average molecular weight is 310 g/mol. The quantitative estimate of drug-likeness (QED) is 0.888. The van der Waals surface area contributed by atoms with Crippen molar-refractivity contribution in [2.75, 3.05) is 13.2 Å². The Kier molecular flexibility index (Phi) is 4.06. The minimum absolute atomic E-state index is 0.0104. The zero-order valence-corrected chi connectivity index (χ0v) is 13.2. The first-order valence-corrected chi connectivity index (χ1v) is 8.49. The predicted molar refractivity (Wildman–Crippen MR) is 89.4 cm³/mol. The second-order valence-corrected chi connectivity index (χ2v) is 6.33. The Bertz CT molecular complexity index is 683. The maximum atomic E-state index is 10.5. The summed E-state index contributed by atoms with van der Waals surface area (Å²) >= 11 is 0. The summed E-state index contributed by atoms with van der Waals surface area (Å²) in [5.41, 5.74) is 4.37. The molecule has 0 spiro atoms. The largest absolute Gasteiger partial charge is 0.508 e. The van der Waals surface area contributed by atoms with E-state index in [2.05, 4.69) is 30.3 Å². The van der Waals surface area contributed by atoms with Crippen LogP contribution in [0, 0.1) is 0 Å². The third-order valence-corrected chi connectivity index (χ3v) is 4.86. The number of ether oxygens (including phenoxy) is 2. The smallest absolute Gasteiger partial charge is 0.122 e. The van der Waals surface area contributed by atoms with Gasteiger partial charge in [0, 0.05) is 18.8 Å². The molecule has 0 aromatic heterocycles. The molecule has 0 aliphatic carbocycles. The fraction of sp³-hybridized carbons (Fsp3) is 0.400. The number of hydrogen-bond acceptors (Lipinski definition) is 3. The van der Waals surface area contributed by atoms with E-state index in [0.29, 0.717) is 5.75 Å². The standard InChI is InChI=1S/C20H22O3/c21-17-9-3-8-16(20(17)19-11-5-13-23-19)14-6-1-2-7-15(14)18-10-4-12-22-18/h1-3,6-9,18-19,21H,4-5,10-13H2. The monoisotopic (exact) mass is 310 g/mol. The summed E-state index contributed by atoms with van der Waals surface area (Å²) in [7, 11) is 0. The van der Waals surface area contributed by atoms with Crippen molar-refractivity contribution in [3.8, 4) is 16.9 Å². The summed E-state index contributed by atoms with van der Waals surface area (Å²) in [4.78, 5) is 0. The summed E-state index contributed by atoms with van der Waals surface area (Å²) in [5.74, 6) is 0.330. The highest BCUT2D eigenvalue weighted by atomic mass is 16.5. The maximum absolute atomic E-state index is 10.5. The molecule has 23 heavy (non-hydrogen) atoms. The van der Waals surface area contributed by atoms with Gasteiger partial charge in [-0.1, -0.05) is 36.4 Å². The molecule has 2 aromatic carbocycles. The summed E-state index contributed by atoms with van der Waals surface area (Å²) in [6.07, 6.45) is 4.33. The molecule has 0 saturated carbocycles. The van der Waals surface area contributed by atoms with E-state index in [9.17, 15) is 5.11 Å². The molecule has 2 atom stereocenters. The fourth-order valence-electron chi connectivity index (χ4n) is 3.78. The molecular weight excluding hydrogens is 288 g/mol. The third kappa shape index (κ3) is 2.75. The first kappa shape index (κ1) is 14.7. The van der Waals surface area contributed by atoms with Crippen LogP contribution in [0.1, 0.15) is 49.0 Å². The van der Waals surface area contributed by atoms with Gasteiger partial charge >= 0.3 is 0 Å². The molecule has 2 aliphatic rings. The van der Waals surface area contributed by atoms with E-state index >= 15 is 0 Å². The molecule has 2 heterocycles. The summed E-state index contributed by atoms with van der Waals surface area (Å²) in [6, 6.07) is 14.2. The Labute approximate surface area is 136 Å². The van der Waals surface area contributed by atoms with Crippen molar-refractivity contribution < 1.29 is 14.6 Å². The lowest BCUT2D eigenvalue weighted by Gasteiger charge is -2.21. The maximum Gasteiger partial charge on any atom is 0.122 e. The van der Waals surface area contributed by atoms with E-state index in [1.54, 1.807) is 6.07 Å². The molecule has 4 rings (SSSR count). The molecule has 1 N–H and O–H groups in total. The van der Waals surface area contributed by atoms with Crippen LogP contribution in [-0.2, 0) is 9.47 Å². The van der Waals surface area contributed by atoms with Crippen molar-refractivity contribution >= 4 is 0 Å². The van der Waals surface area contributed by atoms with Crippen LogP contribution in [0.15, 0.2) is 42.5 Å². The lowest BCUT2D eigenvalue weighted by atomic mass is 9.89. The number of benzene rings is 2. The Balaban J connectivity index is 1.83. The molecule has 0 bridgehead atoms. The third-order valence-electron chi connectivity index (χ3n) is 4.86. The van der Waals surface area contributed by atoms with Gasteiger partial charge in [0.2, 0.25) is 0 Å². The second kappa shape index (κ2) is 6.34. The van der Waals surface area contributed by atoms with Gasteiger partial charge in [0.05, 0.1) is 12.2 Å². The zero-order valence-electron chi connectivity index (χ0n) is 13.2. The Morgan fingerprint density at radius 3 is 2.22 bits per heavy atom. The first-order chi connectivity index (χ1) is 11.3. The van der Waals surface area contributed by atoms with Crippen LogP contribution in [-0.4, -0.2) is 18.3 Å². The fourth-order valence-corrected chi connectivity index (χ4v) is 3.78. The average Bonchev–Trinajstić information content (AvgIpc) is 3.28. The zero-order chi connectivity index (χ0) is 15.6. The summed E-state index contributed by atoms with van der Waals surface area (Å²) < 4.78 is 11.8. The van der Waals surface area contributed by atoms with E-state index in [1.807, 2.05) is 6.07 Å². The van der Waals surface area contributed by atoms with Gasteiger partial charge < -0.3 is 14.6 Å². The highest BCUT2D eigenvalue weighted by Gasteiger charge is 2.27. The molecule has 120 valence electrons. The molecule has 2 fully saturated rings. The molecule has 2 aromatic rings. The molecule has 2 aliphatic heterocycles. The number of phenols is 1. The highest BCUT2D eigenvalue weighted by molar-refractivity contribution is 5.74. The van der Waals surface area contributed by atoms with Gasteiger partial charge in [-0.15, -0.1) is 0 Å². The van der Waals surface area contributed by atoms with Gasteiger partial charge in [-0.2, -0.15) is 0 Å². The topological polar surface area (TPSA) is 38.7 Å². The molecule has 3 heteroatoms. The SMILES string of the molecule is Oc1cccc(-c2ccccc2C2CCCO2)c1C1CCCO1. The number of aromatic hydroxyl groups is 1. The van der Waals surface area contributed by atoms with E-state index in [4.69, 9.17) is 9.47 Å². The van der Waals surface area contributed by atoms with Crippen LogP contribution in [0.5, 0.6) is 5.75 Å². The lowest BCUT2D eigenvalue weighted by molar-refractivity contribution is 0.109. The van der Waals surface area contributed by atoms with Gasteiger partial charge in [0.1, 0.15) is 5.75 Å². The lowest BCUT2D eigenvalue weighted by Crippen LogP contribution is -2.03. The van der Waals surface area contributed by atoms with Gasteiger partial charge in [-0.25, -0.2) is 0 Å². The van der Waals surface area contributed by atoms with Crippen molar-refractivity contribution in [1.29, 1.82) is 0 Å². The number of phenolic OH excluding ortho intramolecular Hbond substituents is 1. The minimum Gasteiger partial charge on any atom is -0.508 e. The summed E-state index contributed by atoms with van der Waals surface area (Å²) in [5, 5.41) is 10.5. The van der Waals surface area contributed by atoms with Crippen LogP contribution in [0.25, 0.3) is 11.1 Å². The van der Waals surface area contributed by atoms with Crippen molar-refractivity contribution in [1.82, 2.24) is 0 Å². The van der Waals surface area contributed by atoms with Crippen molar-refractivity contribution in [3.05, 3.63) is 53.6 Å². The highest BCUT2D eigenvalue weighted by Crippen LogP contribution is 2.43. The Hall–Kier alpha value is -1.84. The molecule has 2 saturated heterocycles. The van der Waals surface area contributed by atoms with Gasteiger partial charge in [0.25, 0.3) is 0 Å². The van der Waals surface area contributed by atoms with Crippen molar-refractivity contribution in [3.63, 3.8) is 0 Å². The number of rotatable bonds is 3. The van der Waals surface area contributed by atoms with E-state index in [1.165, 1.54) is 5.56 Å². The molecule has 3 nitrogen and oxygen atoms in total. The van der Waals surface area contributed by atoms with Gasteiger partial charge in [0.15, 0.2) is 0 Å².